The fraction of sp³-hybridized carbons (Fsp3) is 0.184. The number of nitrogens with zero attached hydrogens (tertiary/aromatic N) is 4. The molecular weight excluding hydrogens is 709 g/mol. The van der Waals surface area contributed by atoms with Crippen LogP contribution in [0.5, 0.6) is 0 Å². The van der Waals surface area contributed by atoms with E-state index in [1.807, 2.05) is 0 Å². The van der Waals surface area contributed by atoms with Crippen LogP contribution in [0.3, 0.4) is 0 Å². The Hall–Kier alpha value is -5.30. The first-order chi connectivity index (χ1) is 26.7. The zero-order valence-electron chi connectivity index (χ0n) is 31.2. The van der Waals surface area contributed by atoms with Crippen LogP contribution in [0.15, 0.2) is 143 Å². The monoisotopic (exact) mass is 746 g/mol. The van der Waals surface area contributed by atoms with E-state index in [1.165, 1.54) is 55.3 Å². The third-order valence-electron chi connectivity index (χ3n) is 11.5. The molecule has 5 aromatic carbocycles. The van der Waals surface area contributed by atoms with Crippen LogP contribution < -0.4 is 0 Å². The molecule has 0 bridgehead atoms. The van der Waals surface area contributed by atoms with Gasteiger partial charge < -0.3 is 0 Å². The SMILES string of the molecule is CC1(C)CSC(c2cccc(-c3ccc4c(c3)C3(c5ccccc5-c5ccccc53)c3c-4ccc4cc(-c5cccc(C6=NC(C)(C)CS6)n5)ccc34)n2)=N1. The van der Waals surface area contributed by atoms with Crippen LogP contribution in [0.1, 0.15) is 61.3 Å². The zero-order valence-corrected chi connectivity index (χ0v) is 32.9. The molecule has 0 atom stereocenters. The summed E-state index contributed by atoms with van der Waals surface area (Å²) in [5.74, 6) is 1.95. The quantitative estimate of drug-likeness (QED) is 0.180. The first kappa shape index (κ1) is 33.1. The topological polar surface area (TPSA) is 50.5 Å². The second kappa shape index (κ2) is 11.8. The molecule has 6 heteroatoms. The van der Waals surface area contributed by atoms with E-state index < -0.39 is 5.41 Å². The van der Waals surface area contributed by atoms with Crippen molar-refractivity contribution in [1.29, 1.82) is 0 Å². The molecular formula is C49H38N4S2. The van der Waals surface area contributed by atoms with Crippen LogP contribution in [-0.2, 0) is 5.41 Å². The number of fused-ring (bicyclic) bond motifs is 12. The molecule has 1 spiro atoms. The highest BCUT2D eigenvalue weighted by atomic mass is 32.2. The van der Waals surface area contributed by atoms with Crippen molar-refractivity contribution in [2.24, 2.45) is 9.98 Å². The van der Waals surface area contributed by atoms with Gasteiger partial charge in [-0.2, -0.15) is 0 Å². The molecule has 0 fully saturated rings. The van der Waals surface area contributed by atoms with Crippen molar-refractivity contribution in [3.8, 4) is 44.8 Å². The molecule has 7 aromatic rings. The van der Waals surface area contributed by atoms with Crippen LogP contribution in [0.2, 0.25) is 0 Å². The Morgan fingerprint density at radius 2 is 0.964 bits per heavy atom. The first-order valence-corrected chi connectivity index (χ1v) is 21.0. The summed E-state index contributed by atoms with van der Waals surface area (Å²) >= 11 is 3.60. The maximum Gasteiger partial charge on any atom is 0.117 e. The van der Waals surface area contributed by atoms with Crippen molar-refractivity contribution >= 4 is 44.4 Å². The molecule has 4 aliphatic rings. The van der Waals surface area contributed by atoms with Gasteiger partial charge in [0.2, 0.25) is 0 Å². The number of hydrogen-bond acceptors (Lipinski definition) is 6. The van der Waals surface area contributed by atoms with Gasteiger partial charge >= 0.3 is 0 Å². The van der Waals surface area contributed by atoms with Crippen molar-refractivity contribution in [2.45, 2.75) is 44.2 Å². The third-order valence-corrected chi connectivity index (χ3v) is 14.4. The Kier molecular flexibility index (Phi) is 7.13. The average Bonchev–Trinajstić information content (AvgIpc) is 3.94. The summed E-state index contributed by atoms with van der Waals surface area (Å²) in [6.07, 6.45) is 0. The predicted octanol–water partition coefficient (Wildman–Crippen LogP) is 11.9. The lowest BCUT2D eigenvalue weighted by atomic mass is 9.69. The van der Waals surface area contributed by atoms with Gasteiger partial charge in [0, 0.05) is 22.6 Å². The molecule has 55 heavy (non-hydrogen) atoms. The second-order valence-electron chi connectivity index (χ2n) is 16.4. The van der Waals surface area contributed by atoms with Crippen LogP contribution in [-0.4, -0.2) is 42.6 Å². The van der Waals surface area contributed by atoms with Crippen molar-refractivity contribution in [2.75, 3.05) is 11.5 Å². The van der Waals surface area contributed by atoms with Gasteiger partial charge in [-0.05, 0) is 119 Å². The molecule has 0 unspecified atom stereocenters. The third kappa shape index (κ3) is 5.00. The minimum Gasteiger partial charge on any atom is -0.269 e. The van der Waals surface area contributed by atoms with E-state index in [-0.39, 0.29) is 11.1 Å². The van der Waals surface area contributed by atoms with Gasteiger partial charge in [0.05, 0.1) is 39.3 Å². The summed E-state index contributed by atoms with van der Waals surface area (Å²) in [4.78, 5) is 20.4. The highest BCUT2D eigenvalue weighted by Crippen LogP contribution is 2.64. The Balaban J connectivity index is 1.11. The number of thioether (sulfide) groups is 2. The van der Waals surface area contributed by atoms with E-state index in [0.29, 0.717) is 0 Å². The molecule has 0 N–H and O–H groups in total. The standard InChI is InChI=1S/C49H38N4S2/c1-47(2)27-54-45(52-47)42-17-9-15-40(50-42)30-20-22-32-29(25-30)19-24-36-35-23-21-31(41-16-10-18-43(51-41)46-53-48(3,4)28-55-46)26-39(35)49(44(32)36)37-13-7-5-11-33(37)34-12-6-8-14-38(34)49/h5-26H,27-28H2,1-4H3. The normalized spacial score (nSPS) is 17.8. The summed E-state index contributed by atoms with van der Waals surface area (Å²) in [5, 5.41) is 4.52. The number of benzene rings is 5. The second-order valence-corrected chi connectivity index (χ2v) is 18.3. The van der Waals surface area contributed by atoms with Crippen molar-refractivity contribution in [3.05, 3.63) is 167 Å². The molecule has 0 saturated carbocycles. The highest BCUT2D eigenvalue weighted by Gasteiger charge is 2.52. The summed E-state index contributed by atoms with van der Waals surface area (Å²) in [6.45, 7) is 8.76. The van der Waals surface area contributed by atoms with E-state index in [4.69, 9.17) is 20.0 Å². The van der Waals surface area contributed by atoms with Crippen LogP contribution in [0.4, 0.5) is 0 Å². The number of hydrogen-bond donors (Lipinski definition) is 0. The fourth-order valence-corrected chi connectivity index (χ4v) is 11.4. The average molecular weight is 747 g/mol. The first-order valence-electron chi connectivity index (χ1n) is 19.0. The number of aromatic nitrogens is 2. The smallest absolute Gasteiger partial charge is 0.117 e. The zero-order chi connectivity index (χ0) is 37.1. The minimum absolute atomic E-state index is 0.0608. The molecule has 4 heterocycles. The van der Waals surface area contributed by atoms with Gasteiger partial charge in [-0.25, -0.2) is 9.97 Å². The number of aliphatic imine (C=N–C) groups is 2. The number of rotatable bonds is 4. The lowest BCUT2D eigenvalue weighted by Gasteiger charge is -2.31. The maximum atomic E-state index is 5.23. The maximum absolute atomic E-state index is 5.23. The van der Waals surface area contributed by atoms with E-state index in [2.05, 4.69) is 161 Å². The molecule has 0 radical (unpaired) electrons. The van der Waals surface area contributed by atoms with Gasteiger partial charge in [-0.3, -0.25) is 9.98 Å². The lowest BCUT2D eigenvalue weighted by Crippen LogP contribution is -2.26. The summed E-state index contributed by atoms with van der Waals surface area (Å²) in [7, 11) is 0. The van der Waals surface area contributed by atoms with Crippen molar-refractivity contribution in [1.82, 2.24) is 9.97 Å². The van der Waals surface area contributed by atoms with E-state index in [1.54, 1.807) is 23.5 Å². The molecule has 0 amide bonds. The molecule has 0 saturated heterocycles. The van der Waals surface area contributed by atoms with Crippen molar-refractivity contribution in [3.63, 3.8) is 0 Å². The summed E-state index contributed by atoms with van der Waals surface area (Å²) in [5.41, 5.74) is 15.9. The lowest BCUT2D eigenvalue weighted by molar-refractivity contribution is 0.604. The Morgan fingerprint density at radius 1 is 0.455 bits per heavy atom. The molecule has 2 aliphatic heterocycles. The van der Waals surface area contributed by atoms with Crippen LogP contribution in [0.25, 0.3) is 55.5 Å². The van der Waals surface area contributed by atoms with Gasteiger partial charge in [0.25, 0.3) is 0 Å². The van der Waals surface area contributed by atoms with Gasteiger partial charge in [0.1, 0.15) is 10.1 Å². The van der Waals surface area contributed by atoms with Gasteiger partial charge in [-0.1, -0.05) is 97.1 Å². The minimum atomic E-state index is -0.495. The molecule has 2 aliphatic carbocycles. The van der Waals surface area contributed by atoms with E-state index in [9.17, 15) is 0 Å². The largest absolute Gasteiger partial charge is 0.269 e. The van der Waals surface area contributed by atoms with Gasteiger partial charge in [-0.15, -0.1) is 23.5 Å². The fourth-order valence-electron chi connectivity index (χ4n) is 9.16. The molecule has 266 valence electrons. The van der Waals surface area contributed by atoms with E-state index in [0.717, 1.165) is 55.5 Å². The molecule has 2 aromatic heterocycles. The summed E-state index contributed by atoms with van der Waals surface area (Å²) in [6, 6.07) is 49.3. The predicted molar refractivity (Wildman–Crippen MR) is 233 cm³/mol. The molecule has 4 nitrogen and oxygen atoms in total. The Morgan fingerprint density at radius 3 is 1.55 bits per heavy atom. The Bertz CT molecular complexity index is 2800. The molecule has 11 rings (SSSR count). The Labute approximate surface area is 330 Å². The van der Waals surface area contributed by atoms with Gasteiger partial charge in [0.15, 0.2) is 0 Å². The van der Waals surface area contributed by atoms with E-state index >= 15 is 0 Å². The van der Waals surface area contributed by atoms with Crippen LogP contribution in [0, 0.1) is 0 Å². The van der Waals surface area contributed by atoms with Crippen molar-refractivity contribution < 1.29 is 0 Å². The highest BCUT2D eigenvalue weighted by molar-refractivity contribution is 8.15. The van der Waals surface area contributed by atoms with Crippen LogP contribution >= 0.6 is 23.5 Å². The summed E-state index contributed by atoms with van der Waals surface area (Å²) < 4.78 is 0. The number of pyridine rings is 2.